The Kier molecular flexibility index (Phi) is 6.68. The number of aromatic nitrogens is 3. The Morgan fingerprint density at radius 2 is 1.86 bits per heavy atom. The van der Waals surface area contributed by atoms with Gasteiger partial charge in [-0.15, -0.1) is 10.2 Å². The largest absolute Gasteiger partial charge is 0.496 e. The molecular formula is C24H26F3N5O3. The second kappa shape index (κ2) is 9.55. The highest BCUT2D eigenvalue weighted by Gasteiger charge is 2.32. The molecule has 2 aromatic carbocycles. The van der Waals surface area contributed by atoms with Crippen LogP contribution in [-0.2, 0) is 11.0 Å². The Bertz CT molecular complexity index is 1240. The van der Waals surface area contributed by atoms with Gasteiger partial charge in [-0.2, -0.15) is 13.2 Å². The molecule has 0 aliphatic heterocycles. The maximum absolute atomic E-state index is 13.3. The van der Waals surface area contributed by atoms with Crippen LogP contribution in [0.25, 0.3) is 10.9 Å². The molecule has 1 fully saturated rings. The van der Waals surface area contributed by atoms with Gasteiger partial charge in [-0.25, -0.2) is 0 Å². The molecule has 0 spiro atoms. The number of nitrogens with zero attached hydrogens (tertiary/aromatic N) is 3. The van der Waals surface area contributed by atoms with E-state index in [9.17, 15) is 23.1 Å². The van der Waals surface area contributed by atoms with Crippen molar-refractivity contribution < 1.29 is 27.8 Å². The molecular weight excluding hydrogens is 463 g/mol. The third-order valence-electron chi connectivity index (χ3n) is 6.57. The van der Waals surface area contributed by atoms with E-state index in [1.165, 1.54) is 6.07 Å². The van der Waals surface area contributed by atoms with Crippen molar-refractivity contribution in [3.8, 4) is 5.75 Å². The number of carboxylic acids is 1. The highest BCUT2D eigenvalue weighted by atomic mass is 19.4. The van der Waals surface area contributed by atoms with Crippen LogP contribution in [0.3, 0.4) is 0 Å². The molecule has 11 heteroatoms. The standard InChI is InChI=1S/C24H26F3N5O3/c1-12(15-7-16(24(25,26)27)9-17(28)8-15)29-22-19-10-18(13-3-5-14(6-4-13)23(33)34)21(35-2)11-20(19)30-32-31-22/h7-14H,3-6,28H2,1-2H3,(H,33,34)(H,29,30,31)/t12-,13?,14?/m1/s1. The van der Waals surface area contributed by atoms with Gasteiger partial charge < -0.3 is 20.9 Å². The van der Waals surface area contributed by atoms with Gasteiger partial charge in [-0.3, -0.25) is 4.79 Å². The van der Waals surface area contributed by atoms with Crippen LogP contribution in [0.4, 0.5) is 24.7 Å². The van der Waals surface area contributed by atoms with Crippen molar-refractivity contribution in [2.75, 3.05) is 18.2 Å². The van der Waals surface area contributed by atoms with Crippen LogP contribution in [0.5, 0.6) is 5.75 Å². The third kappa shape index (κ3) is 5.23. The molecule has 1 saturated carbocycles. The fraction of sp³-hybridized carbons (Fsp3) is 0.417. The molecule has 8 nitrogen and oxygen atoms in total. The molecule has 3 aromatic rings. The van der Waals surface area contributed by atoms with E-state index in [0.29, 0.717) is 53.7 Å². The van der Waals surface area contributed by atoms with Crippen molar-refractivity contribution in [1.82, 2.24) is 15.4 Å². The number of alkyl halides is 3. The predicted octanol–water partition coefficient (Wildman–Crippen LogP) is 5.17. The van der Waals surface area contributed by atoms with Gasteiger partial charge in [0, 0.05) is 17.1 Å². The molecule has 0 saturated heterocycles. The number of halogens is 3. The van der Waals surface area contributed by atoms with Crippen molar-refractivity contribution in [2.45, 2.75) is 50.7 Å². The van der Waals surface area contributed by atoms with Crippen molar-refractivity contribution >= 4 is 28.4 Å². The van der Waals surface area contributed by atoms with Crippen molar-refractivity contribution in [3.05, 3.63) is 47.0 Å². The van der Waals surface area contributed by atoms with Gasteiger partial charge in [0.25, 0.3) is 0 Å². The number of methoxy groups -OCH3 is 1. The quantitative estimate of drug-likeness (QED) is 0.406. The molecule has 1 atom stereocenters. The number of hydrogen-bond donors (Lipinski definition) is 3. The van der Waals surface area contributed by atoms with E-state index in [1.807, 2.05) is 6.07 Å². The SMILES string of the molecule is COc1cc2nnnc(N[C@H](C)c3cc(N)cc(C(F)(F)F)c3)c2cc1C1CCC(C(=O)O)CC1. The van der Waals surface area contributed by atoms with Crippen LogP contribution in [0, 0.1) is 5.92 Å². The van der Waals surface area contributed by atoms with Crippen molar-refractivity contribution in [1.29, 1.82) is 0 Å². The molecule has 1 aliphatic rings. The summed E-state index contributed by atoms with van der Waals surface area (Å²) in [5, 5.41) is 25.1. The van der Waals surface area contributed by atoms with E-state index >= 15 is 0 Å². The average molecular weight is 489 g/mol. The first-order valence-corrected chi connectivity index (χ1v) is 11.2. The summed E-state index contributed by atoms with van der Waals surface area (Å²) in [6, 6.07) is 6.53. The van der Waals surface area contributed by atoms with Gasteiger partial charge in [0.1, 0.15) is 11.3 Å². The lowest BCUT2D eigenvalue weighted by Crippen LogP contribution is -2.20. The zero-order valence-electron chi connectivity index (χ0n) is 19.3. The Labute approximate surface area is 199 Å². The summed E-state index contributed by atoms with van der Waals surface area (Å²) in [5.74, 6) is -0.0259. The van der Waals surface area contributed by atoms with Crippen LogP contribution in [0.1, 0.15) is 61.3 Å². The lowest BCUT2D eigenvalue weighted by Gasteiger charge is -2.28. The normalized spacial score (nSPS) is 19.3. The number of anilines is 2. The van der Waals surface area contributed by atoms with Gasteiger partial charge in [0.2, 0.25) is 0 Å². The number of aliphatic carboxylic acids is 1. The first-order chi connectivity index (χ1) is 16.6. The summed E-state index contributed by atoms with van der Waals surface area (Å²) in [7, 11) is 1.56. The van der Waals surface area contributed by atoms with E-state index in [1.54, 1.807) is 20.1 Å². The van der Waals surface area contributed by atoms with Crippen LogP contribution in [-0.4, -0.2) is 33.6 Å². The zero-order valence-corrected chi connectivity index (χ0v) is 19.3. The number of nitrogens with one attached hydrogen (secondary N) is 1. The van der Waals surface area contributed by atoms with Gasteiger partial charge in [0.15, 0.2) is 5.82 Å². The highest BCUT2D eigenvalue weighted by molar-refractivity contribution is 5.90. The summed E-state index contributed by atoms with van der Waals surface area (Å²) >= 11 is 0. The second-order valence-corrected chi connectivity index (χ2v) is 8.89. The van der Waals surface area contributed by atoms with Gasteiger partial charge in [-0.1, -0.05) is 0 Å². The molecule has 0 bridgehead atoms. The molecule has 1 aromatic heterocycles. The Balaban J connectivity index is 1.67. The number of carboxylic acid groups (broad SMARTS) is 1. The van der Waals surface area contributed by atoms with Crippen LogP contribution < -0.4 is 15.8 Å². The Morgan fingerprint density at radius 3 is 2.49 bits per heavy atom. The van der Waals surface area contributed by atoms with Crippen molar-refractivity contribution in [2.24, 2.45) is 5.92 Å². The number of benzene rings is 2. The maximum Gasteiger partial charge on any atom is 0.416 e. The van der Waals surface area contributed by atoms with E-state index in [0.717, 1.165) is 17.7 Å². The number of carbonyl (C=O) groups is 1. The lowest BCUT2D eigenvalue weighted by molar-refractivity contribution is -0.143. The van der Waals surface area contributed by atoms with E-state index < -0.39 is 23.8 Å². The molecule has 1 aliphatic carbocycles. The molecule has 1 heterocycles. The number of nitrogen functional groups attached to an aromatic ring is 1. The minimum atomic E-state index is -4.52. The zero-order chi connectivity index (χ0) is 25.3. The van der Waals surface area contributed by atoms with Gasteiger partial charge in [0.05, 0.1) is 24.6 Å². The van der Waals surface area contributed by atoms with E-state index in [4.69, 9.17) is 10.5 Å². The summed E-state index contributed by atoms with van der Waals surface area (Å²) < 4.78 is 45.4. The average Bonchev–Trinajstić information content (AvgIpc) is 2.82. The predicted molar refractivity (Wildman–Crippen MR) is 124 cm³/mol. The molecule has 0 radical (unpaired) electrons. The minimum absolute atomic E-state index is 0.0122. The minimum Gasteiger partial charge on any atom is -0.496 e. The summed E-state index contributed by atoms with van der Waals surface area (Å²) in [5.41, 5.74) is 6.69. The lowest BCUT2D eigenvalue weighted by atomic mass is 9.78. The first kappa shape index (κ1) is 24.5. The molecule has 4 N–H and O–H groups in total. The summed E-state index contributed by atoms with van der Waals surface area (Å²) in [6.45, 7) is 1.71. The fourth-order valence-electron chi connectivity index (χ4n) is 4.66. The maximum atomic E-state index is 13.3. The Hall–Kier alpha value is -3.63. The van der Waals surface area contributed by atoms with Crippen LogP contribution in [0.2, 0.25) is 0 Å². The molecule has 0 unspecified atom stereocenters. The number of nitrogens with two attached hydrogens (primary N) is 1. The number of rotatable bonds is 6. The summed E-state index contributed by atoms with van der Waals surface area (Å²) in [4.78, 5) is 11.3. The van der Waals surface area contributed by atoms with Crippen LogP contribution in [0.15, 0.2) is 30.3 Å². The molecule has 0 amide bonds. The second-order valence-electron chi connectivity index (χ2n) is 8.89. The molecule has 186 valence electrons. The molecule has 35 heavy (non-hydrogen) atoms. The van der Waals surface area contributed by atoms with Gasteiger partial charge in [-0.05, 0) is 79.1 Å². The van der Waals surface area contributed by atoms with E-state index in [-0.39, 0.29) is 17.5 Å². The van der Waals surface area contributed by atoms with Crippen molar-refractivity contribution in [3.63, 3.8) is 0 Å². The topological polar surface area (TPSA) is 123 Å². The smallest absolute Gasteiger partial charge is 0.416 e. The number of hydrogen-bond acceptors (Lipinski definition) is 7. The van der Waals surface area contributed by atoms with Gasteiger partial charge >= 0.3 is 12.1 Å². The highest BCUT2D eigenvalue weighted by Crippen LogP contribution is 2.42. The third-order valence-corrected chi connectivity index (χ3v) is 6.57. The Morgan fingerprint density at radius 1 is 1.14 bits per heavy atom. The first-order valence-electron chi connectivity index (χ1n) is 11.2. The monoisotopic (exact) mass is 489 g/mol. The van der Waals surface area contributed by atoms with Crippen LogP contribution >= 0.6 is 0 Å². The molecule has 4 rings (SSSR count). The number of fused-ring (bicyclic) bond motifs is 1. The number of ether oxygens (including phenoxy) is 1. The van der Waals surface area contributed by atoms with E-state index in [2.05, 4.69) is 20.7 Å². The fourth-order valence-corrected chi connectivity index (χ4v) is 4.66. The summed E-state index contributed by atoms with van der Waals surface area (Å²) in [6.07, 6.45) is -1.96.